The topological polar surface area (TPSA) is 85.6 Å². The van der Waals surface area contributed by atoms with Gasteiger partial charge in [-0.25, -0.2) is 4.39 Å². The Balaban J connectivity index is 1.62. The van der Waals surface area contributed by atoms with Crippen LogP contribution < -0.4 is 10.2 Å². The fraction of sp³-hybridized carbons (Fsp3) is 0.278. The SMILES string of the molecule is CCC[NH+](CC(=O)Nc1ccccc1F)Cc1nnc(-c2ccco2)o1. The molecular formula is C18H20FN4O3+. The second-order valence-electron chi connectivity index (χ2n) is 5.86. The molecule has 2 aromatic heterocycles. The zero-order valence-electron chi connectivity index (χ0n) is 14.4. The summed E-state index contributed by atoms with van der Waals surface area (Å²) < 4.78 is 24.5. The van der Waals surface area contributed by atoms with Crippen molar-refractivity contribution in [1.29, 1.82) is 0 Å². The molecule has 3 aromatic rings. The van der Waals surface area contributed by atoms with Gasteiger partial charge in [-0.05, 0) is 30.7 Å². The minimum absolute atomic E-state index is 0.167. The molecule has 1 atom stereocenters. The number of anilines is 1. The van der Waals surface area contributed by atoms with Crippen LogP contribution in [0.3, 0.4) is 0 Å². The number of aromatic nitrogens is 2. The van der Waals surface area contributed by atoms with Crippen LogP contribution in [-0.2, 0) is 11.3 Å². The number of hydrogen-bond donors (Lipinski definition) is 2. The minimum Gasteiger partial charge on any atom is -0.459 e. The Labute approximate surface area is 149 Å². The maximum Gasteiger partial charge on any atom is 0.283 e. The summed E-state index contributed by atoms with van der Waals surface area (Å²) in [6.07, 6.45) is 2.41. The summed E-state index contributed by atoms with van der Waals surface area (Å²) in [5, 5.41) is 10.6. The monoisotopic (exact) mass is 359 g/mol. The Bertz CT molecular complexity index is 848. The number of nitrogens with zero attached hydrogens (tertiary/aromatic N) is 2. The summed E-state index contributed by atoms with van der Waals surface area (Å²) in [6, 6.07) is 9.55. The third-order valence-electron chi connectivity index (χ3n) is 3.76. The lowest BCUT2D eigenvalue weighted by Gasteiger charge is -2.16. The maximum absolute atomic E-state index is 13.7. The van der Waals surface area contributed by atoms with Gasteiger partial charge in [0.25, 0.3) is 17.7 Å². The van der Waals surface area contributed by atoms with Crippen LogP contribution in [0.2, 0.25) is 0 Å². The number of amides is 1. The van der Waals surface area contributed by atoms with E-state index in [-0.39, 0.29) is 18.1 Å². The molecule has 0 saturated carbocycles. The Morgan fingerprint density at radius 2 is 2.08 bits per heavy atom. The molecular weight excluding hydrogens is 339 g/mol. The van der Waals surface area contributed by atoms with Crippen LogP contribution in [0.25, 0.3) is 11.7 Å². The molecule has 0 aliphatic carbocycles. The van der Waals surface area contributed by atoms with Gasteiger partial charge < -0.3 is 19.1 Å². The van der Waals surface area contributed by atoms with Crippen molar-refractivity contribution in [2.45, 2.75) is 19.9 Å². The fourth-order valence-electron chi connectivity index (χ4n) is 2.62. The molecule has 1 unspecified atom stereocenters. The number of nitrogens with one attached hydrogen (secondary N) is 2. The summed E-state index contributed by atoms with van der Waals surface area (Å²) in [6.45, 7) is 3.33. The van der Waals surface area contributed by atoms with Gasteiger partial charge >= 0.3 is 0 Å². The smallest absolute Gasteiger partial charge is 0.283 e. The third-order valence-corrected chi connectivity index (χ3v) is 3.76. The lowest BCUT2D eigenvalue weighted by molar-refractivity contribution is -0.907. The second-order valence-corrected chi connectivity index (χ2v) is 5.86. The lowest BCUT2D eigenvalue weighted by Crippen LogP contribution is -3.11. The highest BCUT2D eigenvalue weighted by Crippen LogP contribution is 2.17. The van der Waals surface area contributed by atoms with Crippen molar-refractivity contribution in [2.24, 2.45) is 0 Å². The number of furan rings is 1. The van der Waals surface area contributed by atoms with Crippen LogP contribution in [0.15, 0.2) is 51.5 Å². The molecule has 3 rings (SSSR count). The van der Waals surface area contributed by atoms with Crippen molar-refractivity contribution in [3.05, 3.63) is 54.4 Å². The molecule has 0 aliphatic heterocycles. The lowest BCUT2D eigenvalue weighted by atomic mass is 10.3. The molecule has 0 fully saturated rings. The highest BCUT2D eigenvalue weighted by atomic mass is 19.1. The van der Waals surface area contributed by atoms with Crippen molar-refractivity contribution in [1.82, 2.24) is 10.2 Å². The average Bonchev–Trinajstić information content (AvgIpc) is 3.28. The van der Waals surface area contributed by atoms with E-state index >= 15 is 0 Å². The molecule has 0 saturated heterocycles. The first-order chi connectivity index (χ1) is 12.7. The second kappa shape index (κ2) is 8.39. The molecule has 8 heteroatoms. The summed E-state index contributed by atoms with van der Waals surface area (Å²) in [5.74, 6) is 0.482. The van der Waals surface area contributed by atoms with Crippen LogP contribution in [0.4, 0.5) is 10.1 Å². The average molecular weight is 359 g/mol. The van der Waals surface area contributed by atoms with E-state index in [0.29, 0.717) is 24.1 Å². The first-order valence-corrected chi connectivity index (χ1v) is 8.40. The molecule has 1 amide bonds. The van der Waals surface area contributed by atoms with Gasteiger partial charge in [-0.2, -0.15) is 0 Å². The molecule has 26 heavy (non-hydrogen) atoms. The summed E-state index contributed by atoms with van der Waals surface area (Å²) >= 11 is 0. The highest BCUT2D eigenvalue weighted by Gasteiger charge is 2.19. The summed E-state index contributed by atoms with van der Waals surface area (Å²) in [4.78, 5) is 13.2. The number of carbonyl (C=O) groups excluding carboxylic acids is 1. The van der Waals surface area contributed by atoms with Crippen LogP contribution >= 0.6 is 0 Å². The summed E-state index contributed by atoms with van der Waals surface area (Å²) in [7, 11) is 0. The fourth-order valence-corrected chi connectivity index (χ4v) is 2.62. The van der Waals surface area contributed by atoms with Crippen LogP contribution in [0.1, 0.15) is 19.2 Å². The van der Waals surface area contributed by atoms with Gasteiger partial charge in [0.2, 0.25) is 0 Å². The number of carbonyl (C=O) groups is 1. The molecule has 1 aromatic carbocycles. The normalized spacial score (nSPS) is 12.1. The van der Waals surface area contributed by atoms with Gasteiger partial charge in [-0.1, -0.05) is 19.1 Å². The number of hydrogen-bond acceptors (Lipinski definition) is 5. The Hall–Kier alpha value is -3.00. The van der Waals surface area contributed by atoms with E-state index in [2.05, 4.69) is 15.5 Å². The van der Waals surface area contributed by atoms with Gasteiger partial charge in [-0.3, -0.25) is 4.79 Å². The van der Waals surface area contributed by atoms with Gasteiger partial charge in [0.15, 0.2) is 18.8 Å². The molecule has 0 aliphatic rings. The Kier molecular flexibility index (Phi) is 5.75. The van der Waals surface area contributed by atoms with Crippen molar-refractivity contribution >= 4 is 11.6 Å². The van der Waals surface area contributed by atoms with Crippen molar-refractivity contribution in [3.8, 4) is 11.7 Å². The molecule has 0 bridgehead atoms. The number of halogens is 1. The van der Waals surface area contributed by atoms with E-state index in [4.69, 9.17) is 8.83 Å². The molecule has 0 spiro atoms. The van der Waals surface area contributed by atoms with Gasteiger partial charge in [0, 0.05) is 0 Å². The zero-order valence-corrected chi connectivity index (χ0v) is 14.4. The van der Waals surface area contributed by atoms with E-state index in [9.17, 15) is 9.18 Å². The molecule has 2 N–H and O–H groups in total. The van der Waals surface area contributed by atoms with Crippen LogP contribution in [-0.4, -0.2) is 29.2 Å². The van der Waals surface area contributed by atoms with Crippen molar-refractivity contribution < 1.29 is 22.9 Å². The number of para-hydroxylation sites is 1. The number of benzene rings is 1. The zero-order chi connectivity index (χ0) is 18.4. The summed E-state index contributed by atoms with van der Waals surface area (Å²) in [5.41, 5.74) is 0.172. The molecule has 2 heterocycles. The molecule has 136 valence electrons. The standard InChI is InChI=1S/C18H19FN4O3/c1-2-9-23(11-16(24)20-14-7-4-3-6-13(14)19)12-17-21-22-18(26-17)15-8-5-10-25-15/h3-8,10H,2,9,11-12H2,1H3,(H,20,24)/p+1. The Morgan fingerprint density at radius 3 is 2.81 bits per heavy atom. The first-order valence-electron chi connectivity index (χ1n) is 8.40. The highest BCUT2D eigenvalue weighted by molar-refractivity contribution is 5.91. The predicted molar refractivity (Wildman–Crippen MR) is 91.7 cm³/mol. The number of quaternary nitrogens is 1. The third kappa shape index (κ3) is 4.54. The van der Waals surface area contributed by atoms with Gasteiger partial charge in [0.1, 0.15) is 5.82 Å². The van der Waals surface area contributed by atoms with Crippen molar-refractivity contribution in [2.75, 3.05) is 18.4 Å². The predicted octanol–water partition coefficient (Wildman–Crippen LogP) is 1.90. The maximum atomic E-state index is 13.7. The Morgan fingerprint density at radius 1 is 1.23 bits per heavy atom. The molecule has 0 radical (unpaired) electrons. The first kappa shape index (κ1) is 17.8. The van der Waals surface area contributed by atoms with Gasteiger partial charge in [0.05, 0.1) is 18.5 Å². The van der Waals surface area contributed by atoms with Crippen molar-refractivity contribution in [3.63, 3.8) is 0 Å². The van der Waals surface area contributed by atoms with Crippen LogP contribution in [0.5, 0.6) is 0 Å². The van der Waals surface area contributed by atoms with E-state index < -0.39 is 5.82 Å². The van der Waals surface area contributed by atoms with E-state index in [0.717, 1.165) is 17.9 Å². The van der Waals surface area contributed by atoms with Gasteiger partial charge in [-0.15, -0.1) is 10.2 Å². The van der Waals surface area contributed by atoms with E-state index in [1.54, 1.807) is 24.3 Å². The number of rotatable bonds is 8. The minimum atomic E-state index is -0.460. The van der Waals surface area contributed by atoms with E-state index in [1.807, 2.05) is 6.92 Å². The largest absolute Gasteiger partial charge is 0.459 e. The molecule has 7 nitrogen and oxygen atoms in total. The van der Waals surface area contributed by atoms with E-state index in [1.165, 1.54) is 18.4 Å². The van der Waals surface area contributed by atoms with Crippen LogP contribution in [0, 0.1) is 5.82 Å². The quantitative estimate of drug-likeness (QED) is 0.642.